The largest absolute Gasteiger partial charge is 0.491 e. The molecule has 44 heavy (non-hydrogen) atoms. The minimum absolute atomic E-state index is 0.0488. The lowest BCUT2D eigenvalue weighted by molar-refractivity contribution is -0.134. The molecular formula is C31H31N9O4. The first-order valence-electron chi connectivity index (χ1n) is 14.3. The second-order valence-corrected chi connectivity index (χ2v) is 10.4. The molecular weight excluding hydrogens is 562 g/mol. The van der Waals surface area contributed by atoms with Crippen LogP contribution in [-0.4, -0.2) is 86.7 Å². The number of carbonyl (C=O) groups excluding carboxylic acids is 1. The first kappa shape index (κ1) is 27.4. The number of benzene rings is 2. The number of nitrogens with two attached hydrogens (primary N) is 1. The van der Waals surface area contributed by atoms with Gasteiger partial charge in [-0.15, -0.1) is 5.10 Å². The van der Waals surface area contributed by atoms with Crippen LogP contribution >= 0.6 is 0 Å². The first-order valence-corrected chi connectivity index (χ1v) is 14.3. The van der Waals surface area contributed by atoms with Crippen LogP contribution in [0.25, 0.3) is 28.3 Å². The summed E-state index contributed by atoms with van der Waals surface area (Å²) in [6, 6.07) is 20.5. The molecule has 6 aromatic rings. The van der Waals surface area contributed by atoms with Gasteiger partial charge in [0, 0.05) is 45.2 Å². The summed E-state index contributed by atoms with van der Waals surface area (Å²) in [4.78, 5) is 27.5. The minimum atomic E-state index is -0.700. The fourth-order valence-corrected chi connectivity index (χ4v) is 5.46. The molecule has 1 unspecified atom stereocenters. The van der Waals surface area contributed by atoms with E-state index in [1.54, 1.807) is 36.4 Å². The number of ether oxygens (including phenoxy) is 2. The van der Waals surface area contributed by atoms with E-state index in [1.807, 2.05) is 59.5 Å². The van der Waals surface area contributed by atoms with Crippen LogP contribution in [0.4, 0.5) is 11.6 Å². The molecule has 13 nitrogen and oxygen atoms in total. The Morgan fingerprint density at radius 3 is 2.48 bits per heavy atom. The van der Waals surface area contributed by atoms with Crippen LogP contribution in [-0.2, 0) is 9.53 Å². The normalized spacial score (nSPS) is 14.4. The molecule has 1 fully saturated rings. The van der Waals surface area contributed by atoms with Crippen molar-refractivity contribution in [1.82, 2.24) is 34.3 Å². The van der Waals surface area contributed by atoms with E-state index >= 15 is 0 Å². The fraction of sp³-hybridized carbons (Fsp3) is 0.258. The van der Waals surface area contributed by atoms with Crippen LogP contribution in [0.3, 0.4) is 0 Å². The number of carbonyl (C=O) groups is 1. The van der Waals surface area contributed by atoms with E-state index in [-0.39, 0.29) is 11.9 Å². The van der Waals surface area contributed by atoms with Gasteiger partial charge in [-0.1, -0.05) is 30.3 Å². The van der Waals surface area contributed by atoms with Crippen molar-refractivity contribution in [2.45, 2.75) is 6.04 Å². The molecule has 7 rings (SSSR count). The van der Waals surface area contributed by atoms with E-state index in [9.17, 15) is 4.79 Å². The Labute approximate surface area is 252 Å². The Hall–Kier alpha value is -5.43. The molecule has 0 spiro atoms. The Morgan fingerprint density at radius 1 is 0.955 bits per heavy atom. The molecule has 4 aromatic heterocycles. The Morgan fingerprint density at radius 2 is 1.75 bits per heavy atom. The van der Waals surface area contributed by atoms with Gasteiger partial charge < -0.3 is 29.4 Å². The van der Waals surface area contributed by atoms with Crippen LogP contribution in [0.1, 0.15) is 11.6 Å². The SMILES string of the molecule is COCCOc1ccc(N2CCN(C(=O)C(c3ccccc3)n3cc4c(nc(N)n5nc(-c6ccco6)nc45)n3)CC2)cc1. The molecule has 0 radical (unpaired) electrons. The van der Waals surface area contributed by atoms with Gasteiger partial charge >= 0.3 is 0 Å². The second-order valence-electron chi connectivity index (χ2n) is 10.4. The summed E-state index contributed by atoms with van der Waals surface area (Å²) in [5.41, 5.74) is 9.00. The van der Waals surface area contributed by atoms with E-state index in [2.05, 4.69) is 20.0 Å². The van der Waals surface area contributed by atoms with Gasteiger partial charge in [0.25, 0.3) is 5.91 Å². The Bertz CT molecular complexity index is 1880. The highest BCUT2D eigenvalue weighted by Gasteiger charge is 2.31. The van der Waals surface area contributed by atoms with Crippen LogP contribution in [0.15, 0.2) is 83.6 Å². The van der Waals surface area contributed by atoms with Crippen LogP contribution < -0.4 is 15.4 Å². The third-order valence-electron chi connectivity index (χ3n) is 7.70. The van der Waals surface area contributed by atoms with E-state index in [0.717, 1.165) is 17.0 Å². The average Bonchev–Trinajstić information content (AvgIpc) is 3.83. The van der Waals surface area contributed by atoms with Crippen molar-refractivity contribution in [2.75, 3.05) is 57.1 Å². The second kappa shape index (κ2) is 11.7. The number of amides is 1. The quantitative estimate of drug-likeness (QED) is 0.248. The highest BCUT2D eigenvalue weighted by molar-refractivity contribution is 5.91. The third-order valence-corrected chi connectivity index (χ3v) is 7.70. The molecule has 0 aliphatic carbocycles. The summed E-state index contributed by atoms with van der Waals surface area (Å²) in [6.07, 6.45) is 3.35. The lowest BCUT2D eigenvalue weighted by atomic mass is 10.1. The number of methoxy groups -OCH3 is 1. The van der Waals surface area contributed by atoms with Crippen molar-refractivity contribution >= 4 is 34.2 Å². The highest BCUT2D eigenvalue weighted by Crippen LogP contribution is 2.28. The molecule has 1 amide bonds. The van der Waals surface area contributed by atoms with Gasteiger partial charge in [0.1, 0.15) is 12.4 Å². The van der Waals surface area contributed by atoms with Gasteiger partial charge in [-0.2, -0.15) is 14.6 Å². The summed E-state index contributed by atoms with van der Waals surface area (Å²) in [5.74, 6) is 1.78. The van der Waals surface area contributed by atoms with Gasteiger partial charge in [0.2, 0.25) is 11.8 Å². The van der Waals surface area contributed by atoms with Crippen molar-refractivity contribution < 1.29 is 18.7 Å². The number of fused-ring (bicyclic) bond motifs is 3. The van der Waals surface area contributed by atoms with Gasteiger partial charge in [-0.25, -0.2) is 4.98 Å². The van der Waals surface area contributed by atoms with Gasteiger partial charge in [-0.3, -0.25) is 9.48 Å². The number of nitrogens with zero attached hydrogens (tertiary/aromatic N) is 8. The van der Waals surface area contributed by atoms with E-state index in [4.69, 9.17) is 24.7 Å². The molecule has 1 aliphatic rings. The molecule has 5 heterocycles. The summed E-state index contributed by atoms with van der Waals surface area (Å²) in [5, 5.41) is 9.83. The molecule has 0 bridgehead atoms. The summed E-state index contributed by atoms with van der Waals surface area (Å²) >= 11 is 0. The van der Waals surface area contributed by atoms with Crippen LogP contribution in [0, 0.1) is 0 Å². The lowest BCUT2D eigenvalue weighted by Gasteiger charge is -2.37. The highest BCUT2D eigenvalue weighted by atomic mass is 16.5. The number of nitrogen functional groups attached to an aromatic ring is 1. The zero-order valence-corrected chi connectivity index (χ0v) is 24.1. The Balaban J connectivity index is 1.15. The van der Waals surface area contributed by atoms with Crippen molar-refractivity contribution in [3.63, 3.8) is 0 Å². The van der Waals surface area contributed by atoms with Gasteiger partial charge in [0.15, 0.2) is 23.1 Å². The van der Waals surface area contributed by atoms with Crippen LogP contribution in [0.2, 0.25) is 0 Å². The monoisotopic (exact) mass is 593 g/mol. The fourth-order valence-electron chi connectivity index (χ4n) is 5.46. The maximum absolute atomic E-state index is 14.2. The molecule has 0 saturated carbocycles. The van der Waals surface area contributed by atoms with Crippen LogP contribution in [0.5, 0.6) is 5.75 Å². The number of piperazine rings is 1. The van der Waals surface area contributed by atoms with E-state index < -0.39 is 6.04 Å². The van der Waals surface area contributed by atoms with Gasteiger partial charge in [-0.05, 0) is 42.0 Å². The predicted octanol–water partition coefficient (Wildman–Crippen LogP) is 3.28. The smallest absolute Gasteiger partial charge is 0.252 e. The maximum Gasteiger partial charge on any atom is 0.252 e. The van der Waals surface area contributed by atoms with Gasteiger partial charge in [0.05, 0.1) is 18.3 Å². The third kappa shape index (κ3) is 5.17. The number of hydrogen-bond donors (Lipinski definition) is 1. The van der Waals surface area contributed by atoms with Crippen molar-refractivity contribution in [2.24, 2.45) is 0 Å². The number of anilines is 2. The van der Waals surface area contributed by atoms with Crippen molar-refractivity contribution in [3.8, 4) is 17.3 Å². The summed E-state index contributed by atoms with van der Waals surface area (Å²) in [6.45, 7) is 3.59. The first-order chi connectivity index (χ1) is 21.6. The minimum Gasteiger partial charge on any atom is -0.491 e. The molecule has 1 aliphatic heterocycles. The molecule has 2 N–H and O–H groups in total. The number of furan rings is 1. The summed E-state index contributed by atoms with van der Waals surface area (Å²) in [7, 11) is 1.65. The standard InChI is InChI=1S/C31H31N9O4/c1-42-18-19-43-23-11-9-22(10-12-23)37-13-15-38(16-14-37)30(41)26(21-6-3-2-4-7-21)39-20-24-27(35-39)34-31(32)40-29(24)33-28(36-40)25-8-5-17-44-25/h2-12,17,20,26H,13-16,18-19H2,1H3,(H2,32,34,35). The van der Waals surface area contributed by atoms with E-state index in [0.29, 0.717) is 67.7 Å². The molecule has 224 valence electrons. The van der Waals surface area contributed by atoms with Crippen molar-refractivity contribution in [1.29, 1.82) is 0 Å². The molecule has 13 heteroatoms. The Kier molecular flexibility index (Phi) is 7.28. The molecule has 2 aromatic carbocycles. The number of hydrogen-bond acceptors (Lipinski definition) is 10. The number of aromatic nitrogens is 6. The van der Waals surface area contributed by atoms with Crippen molar-refractivity contribution in [3.05, 3.63) is 84.8 Å². The zero-order chi connectivity index (χ0) is 30.0. The molecule has 1 saturated heterocycles. The topological polar surface area (TPSA) is 142 Å². The predicted molar refractivity (Wildman–Crippen MR) is 163 cm³/mol. The lowest BCUT2D eigenvalue weighted by Crippen LogP contribution is -2.50. The molecule has 1 atom stereocenters. The van der Waals surface area contributed by atoms with E-state index in [1.165, 1.54) is 4.52 Å². The number of rotatable bonds is 9. The average molecular weight is 594 g/mol. The summed E-state index contributed by atoms with van der Waals surface area (Å²) < 4.78 is 19.3. The maximum atomic E-state index is 14.2. The zero-order valence-electron chi connectivity index (χ0n) is 24.1.